The Hall–Kier alpha value is -0.820. The Bertz CT molecular complexity index is 301. The van der Waals surface area contributed by atoms with Crippen LogP contribution in [0.25, 0.3) is 0 Å². The zero-order valence-corrected chi connectivity index (χ0v) is 12.1. The highest BCUT2D eigenvalue weighted by atomic mass is 16.2. The van der Waals surface area contributed by atoms with Gasteiger partial charge >= 0.3 is 0 Å². The second-order valence-electron chi connectivity index (χ2n) is 5.10. The van der Waals surface area contributed by atoms with Crippen LogP contribution in [-0.4, -0.2) is 11.7 Å². The van der Waals surface area contributed by atoms with E-state index in [-0.39, 0.29) is 6.61 Å². The molecular weight excluding hydrogens is 208 g/mol. The molecule has 0 rings (SSSR count). The standard InChI is InChI=1S/C16H28O/c1-13(2)16(5)10-9-14(3)7-6-8-15(4)11-12-17/h7,11,17H,6,8-10,12H2,1-5H3. The fraction of sp³-hybridized carbons (Fsp3) is 0.625. The summed E-state index contributed by atoms with van der Waals surface area (Å²) >= 11 is 0. The molecule has 0 atom stereocenters. The van der Waals surface area contributed by atoms with Crippen LogP contribution in [0.4, 0.5) is 0 Å². The van der Waals surface area contributed by atoms with Gasteiger partial charge in [-0.25, -0.2) is 0 Å². The maximum atomic E-state index is 8.75. The zero-order valence-electron chi connectivity index (χ0n) is 12.1. The van der Waals surface area contributed by atoms with Crippen LogP contribution in [0.2, 0.25) is 0 Å². The van der Waals surface area contributed by atoms with Crippen LogP contribution in [0.5, 0.6) is 0 Å². The lowest BCUT2D eigenvalue weighted by Crippen LogP contribution is -1.85. The van der Waals surface area contributed by atoms with Gasteiger partial charge in [-0.15, -0.1) is 0 Å². The number of rotatable bonds is 7. The van der Waals surface area contributed by atoms with Gasteiger partial charge < -0.3 is 5.11 Å². The number of hydrogen-bond acceptors (Lipinski definition) is 1. The predicted molar refractivity (Wildman–Crippen MR) is 77.1 cm³/mol. The Morgan fingerprint density at radius 2 is 1.41 bits per heavy atom. The van der Waals surface area contributed by atoms with E-state index in [0.717, 1.165) is 12.8 Å². The smallest absolute Gasteiger partial charge is 0.0614 e. The molecule has 0 amide bonds. The van der Waals surface area contributed by atoms with E-state index in [4.69, 9.17) is 5.11 Å². The molecule has 0 fully saturated rings. The first-order chi connectivity index (χ1) is 7.97. The molecular formula is C16H28O. The van der Waals surface area contributed by atoms with E-state index in [1.807, 2.05) is 6.08 Å². The summed E-state index contributed by atoms with van der Waals surface area (Å²) < 4.78 is 0. The minimum atomic E-state index is 0.161. The summed E-state index contributed by atoms with van der Waals surface area (Å²) in [6, 6.07) is 0. The normalized spacial score (nSPS) is 12.8. The highest BCUT2D eigenvalue weighted by Gasteiger charge is 1.95. The zero-order chi connectivity index (χ0) is 13.3. The van der Waals surface area contributed by atoms with Crippen LogP contribution in [0, 0.1) is 0 Å². The Balaban J connectivity index is 3.96. The maximum absolute atomic E-state index is 8.75. The summed E-state index contributed by atoms with van der Waals surface area (Å²) in [5.74, 6) is 0. The van der Waals surface area contributed by atoms with Crippen molar-refractivity contribution < 1.29 is 5.11 Å². The van der Waals surface area contributed by atoms with E-state index in [2.05, 4.69) is 40.7 Å². The minimum absolute atomic E-state index is 0.161. The monoisotopic (exact) mass is 236 g/mol. The number of aliphatic hydroxyl groups is 1. The van der Waals surface area contributed by atoms with Crippen molar-refractivity contribution in [3.63, 3.8) is 0 Å². The Kier molecular flexibility index (Phi) is 8.79. The lowest BCUT2D eigenvalue weighted by Gasteiger charge is -2.05. The molecule has 0 radical (unpaired) electrons. The molecule has 0 saturated carbocycles. The third-order valence-corrected chi connectivity index (χ3v) is 3.22. The lowest BCUT2D eigenvalue weighted by atomic mass is 10.0. The van der Waals surface area contributed by atoms with Gasteiger partial charge in [0.15, 0.2) is 0 Å². The third-order valence-electron chi connectivity index (χ3n) is 3.22. The van der Waals surface area contributed by atoms with E-state index >= 15 is 0 Å². The van der Waals surface area contributed by atoms with Crippen LogP contribution in [0.15, 0.2) is 34.4 Å². The Morgan fingerprint density at radius 3 is 1.94 bits per heavy atom. The van der Waals surface area contributed by atoms with Gasteiger partial charge in [-0.05, 0) is 60.3 Å². The van der Waals surface area contributed by atoms with Crippen molar-refractivity contribution in [2.24, 2.45) is 0 Å². The molecule has 0 bridgehead atoms. The van der Waals surface area contributed by atoms with Gasteiger partial charge in [-0.2, -0.15) is 0 Å². The van der Waals surface area contributed by atoms with Crippen molar-refractivity contribution >= 4 is 0 Å². The molecule has 0 saturated heterocycles. The van der Waals surface area contributed by atoms with Crippen LogP contribution in [0.1, 0.15) is 60.3 Å². The first-order valence-electron chi connectivity index (χ1n) is 6.52. The van der Waals surface area contributed by atoms with Crippen LogP contribution in [0.3, 0.4) is 0 Å². The topological polar surface area (TPSA) is 20.2 Å². The van der Waals surface area contributed by atoms with Crippen molar-refractivity contribution in [3.8, 4) is 0 Å². The van der Waals surface area contributed by atoms with Crippen LogP contribution < -0.4 is 0 Å². The minimum Gasteiger partial charge on any atom is -0.392 e. The van der Waals surface area contributed by atoms with E-state index < -0.39 is 0 Å². The van der Waals surface area contributed by atoms with Crippen molar-refractivity contribution in [2.45, 2.75) is 60.3 Å². The van der Waals surface area contributed by atoms with Crippen LogP contribution in [-0.2, 0) is 0 Å². The van der Waals surface area contributed by atoms with Crippen molar-refractivity contribution in [1.82, 2.24) is 0 Å². The maximum Gasteiger partial charge on any atom is 0.0614 e. The molecule has 0 unspecified atom stereocenters. The summed E-state index contributed by atoms with van der Waals surface area (Å²) in [5, 5.41) is 8.75. The van der Waals surface area contributed by atoms with Gasteiger partial charge in [0.25, 0.3) is 0 Å². The number of allylic oxidation sites excluding steroid dienone is 5. The number of hydrogen-bond donors (Lipinski definition) is 1. The SMILES string of the molecule is CC(=CCO)CCC=C(C)CCC(C)=C(C)C. The van der Waals surface area contributed by atoms with E-state index in [1.54, 1.807) is 0 Å². The molecule has 1 N–H and O–H groups in total. The van der Waals surface area contributed by atoms with E-state index in [0.29, 0.717) is 0 Å². The quantitative estimate of drug-likeness (QED) is 0.630. The number of aliphatic hydroxyl groups excluding tert-OH is 1. The summed E-state index contributed by atoms with van der Waals surface area (Å²) in [6.07, 6.45) is 8.70. The van der Waals surface area contributed by atoms with Crippen molar-refractivity contribution in [3.05, 3.63) is 34.4 Å². The van der Waals surface area contributed by atoms with Gasteiger partial charge in [0.05, 0.1) is 6.61 Å². The first-order valence-corrected chi connectivity index (χ1v) is 6.52. The summed E-state index contributed by atoms with van der Waals surface area (Å²) in [4.78, 5) is 0. The molecule has 17 heavy (non-hydrogen) atoms. The Labute approximate surface area is 107 Å². The lowest BCUT2D eigenvalue weighted by molar-refractivity contribution is 0.341. The molecule has 0 aromatic carbocycles. The molecule has 0 aliphatic carbocycles. The van der Waals surface area contributed by atoms with Crippen molar-refractivity contribution in [2.75, 3.05) is 6.61 Å². The molecule has 1 heteroatoms. The molecule has 98 valence electrons. The summed E-state index contributed by atoms with van der Waals surface area (Å²) in [7, 11) is 0. The second kappa shape index (κ2) is 9.23. The van der Waals surface area contributed by atoms with Gasteiger partial charge in [0.2, 0.25) is 0 Å². The average Bonchev–Trinajstić information content (AvgIpc) is 2.26. The highest BCUT2D eigenvalue weighted by molar-refractivity contribution is 5.10. The van der Waals surface area contributed by atoms with Gasteiger partial charge in [-0.3, -0.25) is 0 Å². The summed E-state index contributed by atoms with van der Waals surface area (Å²) in [5.41, 5.74) is 5.70. The second-order valence-corrected chi connectivity index (χ2v) is 5.10. The van der Waals surface area contributed by atoms with Gasteiger partial charge in [0.1, 0.15) is 0 Å². The highest BCUT2D eigenvalue weighted by Crippen LogP contribution is 2.15. The fourth-order valence-electron chi connectivity index (χ4n) is 1.54. The molecule has 0 aromatic heterocycles. The molecule has 0 aromatic rings. The molecule has 0 aliphatic rings. The molecule has 0 aliphatic heterocycles. The van der Waals surface area contributed by atoms with Gasteiger partial charge in [0, 0.05) is 0 Å². The predicted octanol–water partition coefficient (Wildman–Crippen LogP) is 4.79. The van der Waals surface area contributed by atoms with Crippen LogP contribution >= 0.6 is 0 Å². The summed E-state index contributed by atoms with van der Waals surface area (Å²) in [6.45, 7) is 11.0. The fourth-order valence-corrected chi connectivity index (χ4v) is 1.54. The van der Waals surface area contributed by atoms with Crippen molar-refractivity contribution in [1.29, 1.82) is 0 Å². The van der Waals surface area contributed by atoms with E-state index in [9.17, 15) is 0 Å². The van der Waals surface area contributed by atoms with E-state index in [1.165, 1.54) is 35.1 Å². The molecule has 1 nitrogen and oxygen atoms in total. The Morgan fingerprint density at radius 1 is 0.824 bits per heavy atom. The molecule has 0 spiro atoms. The largest absolute Gasteiger partial charge is 0.392 e. The molecule has 0 heterocycles. The average molecular weight is 236 g/mol. The first kappa shape index (κ1) is 16.2. The third kappa shape index (κ3) is 8.93. The van der Waals surface area contributed by atoms with Gasteiger partial charge in [-0.1, -0.05) is 34.4 Å².